The third kappa shape index (κ3) is 2.90. The van der Waals surface area contributed by atoms with Crippen molar-refractivity contribution < 1.29 is 4.52 Å². The van der Waals surface area contributed by atoms with E-state index < -0.39 is 5.54 Å². The van der Waals surface area contributed by atoms with Gasteiger partial charge in [-0.3, -0.25) is 0 Å². The first-order valence-electron chi connectivity index (χ1n) is 6.87. The maximum absolute atomic E-state index is 6.20. The number of nitrogens with zero attached hydrogens (tertiary/aromatic N) is 2. The van der Waals surface area contributed by atoms with Gasteiger partial charge in [0.15, 0.2) is 5.82 Å². The topological polar surface area (TPSA) is 64.9 Å². The van der Waals surface area contributed by atoms with Crippen molar-refractivity contribution in [3.8, 4) is 0 Å². The molecule has 2 rings (SSSR count). The second-order valence-corrected chi connectivity index (χ2v) is 6.53. The van der Waals surface area contributed by atoms with Gasteiger partial charge in [-0.05, 0) is 40.2 Å². The SMILES string of the molecule is Cc1cccc(Cc2noc(C(C)(C)C(C)(C)N)n2)c1. The number of nitrogens with two attached hydrogens (primary N) is 1. The summed E-state index contributed by atoms with van der Waals surface area (Å²) in [5, 5.41) is 4.08. The van der Waals surface area contributed by atoms with Crippen LogP contribution in [0.2, 0.25) is 0 Å². The smallest absolute Gasteiger partial charge is 0.234 e. The Morgan fingerprint density at radius 3 is 2.50 bits per heavy atom. The lowest BCUT2D eigenvalue weighted by Gasteiger charge is -2.34. The summed E-state index contributed by atoms with van der Waals surface area (Å²) >= 11 is 0. The van der Waals surface area contributed by atoms with E-state index in [1.165, 1.54) is 11.1 Å². The van der Waals surface area contributed by atoms with Crippen LogP contribution in [-0.2, 0) is 11.8 Å². The Morgan fingerprint density at radius 1 is 1.20 bits per heavy atom. The van der Waals surface area contributed by atoms with Crippen LogP contribution in [0, 0.1) is 6.92 Å². The van der Waals surface area contributed by atoms with Gasteiger partial charge in [0.05, 0.1) is 5.41 Å². The zero-order valence-electron chi connectivity index (χ0n) is 12.9. The average Bonchev–Trinajstić information content (AvgIpc) is 2.76. The molecule has 0 saturated carbocycles. The lowest BCUT2D eigenvalue weighted by molar-refractivity contribution is 0.222. The minimum atomic E-state index is -0.430. The number of hydrogen-bond acceptors (Lipinski definition) is 4. The predicted molar refractivity (Wildman–Crippen MR) is 79.6 cm³/mol. The summed E-state index contributed by atoms with van der Waals surface area (Å²) in [6, 6.07) is 8.32. The fourth-order valence-corrected chi connectivity index (χ4v) is 1.86. The van der Waals surface area contributed by atoms with Crippen LogP contribution in [0.1, 0.15) is 50.5 Å². The molecular formula is C16H23N3O. The van der Waals surface area contributed by atoms with E-state index in [1.807, 2.05) is 33.8 Å². The Morgan fingerprint density at radius 2 is 1.90 bits per heavy atom. The zero-order valence-corrected chi connectivity index (χ0v) is 12.9. The zero-order chi connectivity index (χ0) is 15.0. The average molecular weight is 273 g/mol. The lowest BCUT2D eigenvalue weighted by atomic mass is 9.75. The van der Waals surface area contributed by atoms with Crippen molar-refractivity contribution in [3.63, 3.8) is 0 Å². The van der Waals surface area contributed by atoms with Crippen molar-refractivity contribution in [3.05, 3.63) is 47.1 Å². The van der Waals surface area contributed by atoms with Gasteiger partial charge in [0.2, 0.25) is 5.89 Å². The third-order valence-corrected chi connectivity index (χ3v) is 4.06. The predicted octanol–water partition coefficient (Wildman–Crippen LogP) is 2.98. The molecule has 0 spiro atoms. The van der Waals surface area contributed by atoms with Crippen molar-refractivity contribution in [2.45, 2.75) is 52.0 Å². The monoisotopic (exact) mass is 273 g/mol. The van der Waals surface area contributed by atoms with Crippen LogP contribution in [0.5, 0.6) is 0 Å². The number of aromatic nitrogens is 2. The molecule has 1 aromatic carbocycles. The summed E-state index contributed by atoms with van der Waals surface area (Å²) < 4.78 is 5.42. The second-order valence-electron chi connectivity index (χ2n) is 6.53. The van der Waals surface area contributed by atoms with E-state index in [-0.39, 0.29) is 5.41 Å². The van der Waals surface area contributed by atoms with Gasteiger partial charge in [-0.25, -0.2) is 0 Å². The van der Waals surface area contributed by atoms with E-state index >= 15 is 0 Å². The first-order valence-corrected chi connectivity index (χ1v) is 6.87. The van der Waals surface area contributed by atoms with Crippen LogP contribution in [-0.4, -0.2) is 15.7 Å². The molecule has 0 saturated heterocycles. The fourth-order valence-electron chi connectivity index (χ4n) is 1.86. The highest BCUT2D eigenvalue weighted by Crippen LogP contribution is 2.31. The summed E-state index contributed by atoms with van der Waals surface area (Å²) in [6.45, 7) is 10.1. The lowest BCUT2D eigenvalue weighted by Crippen LogP contribution is -2.50. The molecule has 0 aliphatic rings. The second kappa shape index (κ2) is 5.02. The fraction of sp³-hybridized carbons (Fsp3) is 0.500. The number of hydrogen-bond donors (Lipinski definition) is 1. The maximum atomic E-state index is 6.20. The summed E-state index contributed by atoms with van der Waals surface area (Å²) in [5.74, 6) is 1.29. The molecule has 0 amide bonds. The molecular weight excluding hydrogens is 250 g/mol. The molecule has 0 unspecified atom stereocenters. The molecule has 0 fully saturated rings. The Labute approximate surface area is 120 Å². The van der Waals surface area contributed by atoms with Gasteiger partial charge in [-0.1, -0.05) is 35.0 Å². The third-order valence-electron chi connectivity index (χ3n) is 4.06. The van der Waals surface area contributed by atoms with Crippen LogP contribution >= 0.6 is 0 Å². The molecule has 2 aromatic rings. The highest BCUT2D eigenvalue weighted by molar-refractivity contribution is 5.25. The van der Waals surface area contributed by atoms with E-state index in [4.69, 9.17) is 10.3 Å². The van der Waals surface area contributed by atoms with E-state index in [0.29, 0.717) is 18.1 Å². The minimum Gasteiger partial charge on any atom is -0.339 e. The molecule has 0 radical (unpaired) electrons. The Kier molecular flexibility index (Phi) is 3.69. The summed E-state index contributed by atoms with van der Waals surface area (Å²) in [4.78, 5) is 4.52. The molecule has 0 bridgehead atoms. The summed E-state index contributed by atoms with van der Waals surface area (Å²) in [6.07, 6.45) is 0.673. The van der Waals surface area contributed by atoms with Gasteiger partial charge in [0, 0.05) is 12.0 Å². The Balaban J connectivity index is 2.22. The van der Waals surface area contributed by atoms with Crippen LogP contribution in [0.15, 0.2) is 28.8 Å². The number of rotatable bonds is 4. The molecule has 4 nitrogen and oxygen atoms in total. The van der Waals surface area contributed by atoms with E-state index in [2.05, 4.69) is 35.3 Å². The minimum absolute atomic E-state index is 0.370. The largest absolute Gasteiger partial charge is 0.339 e. The standard InChI is InChI=1S/C16H23N3O/c1-11-7-6-8-12(9-11)10-13-18-14(20-19-13)15(2,3)16(4,5)17/h6-9H,10,17H2,1-5H3. The normalized spacial score (nSPS) is 12.7. The highest BCUT2D eigenvalue weighted by Gasteiger charge is 2.40. The Bertz CT molecular complexity index is 594. The van der Waals surface area contributed by atoms with Gasteiger partial charge < -0.3 is 10.3 Å². The highest BCUT2D eigenvalue weighted by atomic mass is 16.5. The van der Waals surface area contributed by atoms with Crippen molar-refractivity contribution in [1.82, 2.24) is 10.1 Å². The molecule has 0 atom stereocenters. The van der Waals surface area contributed by atoms with Crippen molar-refractivity contribution >= 4 is 0 Å². The molecule has 1 aromatic heterocycles. The van der Waals surface area contributed by atoms with Gasteiger partial charge in [-0.2, -0.15) is 4.98 Å². The quantitative estimate of drug-likeness (QED) is 0.930. The molecule has 0 aliphatic heterocycles. The van der Waals surface area contributed by atoms with E-state index in [9.17, 15) is 0 Å². The van der Waals surface area contributed by atoms with E-state index in [0.717, 1.165) is 0 Å². The van der Waals surface area contributed by atoms with E-state index in [1.54, 1.807) is 0 Å². The molecule has 1 heterocycles. The summed E-state index contributed by atoms with van der Waals surface area (Å²) in [5.41, 5.74) is 7.81. The van der Waals surface area contributed by atoms with Gasteiger partial charge >= 0.3 is 0 Å². The number of aryl methyl sites for hydroxylation is 1. The molecule has 4 heteroatoms. The maximum Gasteiger partial charge on any atom is 0.234 e. The van der Waals surface area contributed by atoms with Gasteiger partial charge in [-0.15, -0.1) is 0 Å². The van der Waals surface area contributed by atoms with Crippen LogP contribution < -0.4 is 5.73 Å². The molecule has 0 aliphatic carbocycles. The first-order chi connectivity index (χ1) is 9.20. The Hall–Kier alpha value is -1.68. The van der Waals surface area contributed by atoms with Gasteiger partial charge in [0.25, 0.3) is 0 Å². The van der Waals surface area contributed by atoms with Crippen molar-refractivity contribution in [2.75, 3.05) is 0 Å². The van der Waals surface area contributed by atoms with Crippen LogP contribution in [0.3, 0.4) is 0 Å². The van der Waals surface area contributed by atoms with Crippen molar-refractivity contribution in [2.24, 2.45) is 5.73 Å². The number of benzene rings is 1. The van der Waals surface area contributed by atoms with Crippen molar-refractivity contribution in [1.29, 1.82) is 0 Å². The molecule has 108 valence electrons. The van der Waals surface area contributed by atoms with Crippen LogP contribution in [0.4, 0.5) is 0 Å². The molecule has 20 heavy (non-hydrogen) atoms. The first kappa shape index (κ1) is 14.7. The van der Waals surface area contributed by atoms with Gasteiger partial charge in [0.1, 0.15) is 0 Å². The summed E-state index contributed by atoms with van der Waals surface area (Å²) in [7, 11) is 0. The van der Waals surface area contributed by atoms with Crippen LogP contribution in [0.25, 0.3) is 0 Å². The molecule has 2 N–H and O–H groups in total.